The summed E-state index contributed by atoms with van der Waals surface area (Å²) < 4.78 is 9.35. The van der Waals surface area contributed by atoms with Crippen LogP contribution in [0.1, 0.15) is 0 Å². The van der Waals surface area contributed by atoms with E-state index in [4.69, 9.17) is 4.42 Å². The molecular formula is C48H31NOS. The smallest absolute Gasteiger partial charge is 0.160 e. The number of rotatable bonds is 6. The van der Waals surface area contributed by atoms with Crippen LogP contribution in [0, 0.1) is 0 Å². The molecule has 2 aromatic heterocycles. The molecule has 0 unspecified atom stereocenters. The molecule has 0 radical (unpaired) electrons. The van der Waals surface area contributed by atoms with Crippen molar-refractivity contribution in [3.8, 4) is 33.4 Å². The first-order valence-corrected chi connectivity index (χ1v) is 18.1. The van der Waals surface area contributed by atoms with Gasteiger partial charge >= 0.3 is 0 Å². The molecule has 0 aliphatic heterocycles. The quantitative estimate of drug-likeness (QED) is 0.175. The van der Waals surface area contributed by atoms with Crippen LogP contribution in [-0.2, 0) is 0 Å². The maximum atomic E-state index is 6.81. The van der Waals surface area contributed by atoms with Crippen LogP contribution in [0.3, 0.4) is 0 Å². The van der Waals surface area contributed by atoms with Crippen LogP contribution >= 0.6 is 11.3 Å². The molecule has 0 fully saturated rings. The fraction of sp³-hybridized carbons (Fsp3) is 0. The summed E-state index contributed by atoms with van der Waals surface area (Å²) in [6.45, 7) is 0. The van der Waals surface area contributed by atoms with Crippen LogP contribution in [0.2, 0.25) is 0 Å². The predicted octanol–water partition coefficient (Wildman–Crippen LogP) is 14.4. The molecule has 0 saturated heterocycles. The number of nitrogens with zero attached hydrogens (tertiary/aromatic N) is 1. The van der Waals surface area contributed by atoms with Crippen molar-refractivity contribution >= 4 is 70.5 Å². The number of anilines is 3. The fourth-order valence-corrected chi connectivity index (χ4v) is 8.60. The molecule has 0 saturated carbocycles. The monoisotopic (exact) mass is 669 g/mol. The normalized spacial score (nSPS) is 11.5. The van der Waals surface area contributed by atoms with Gasteiger partial charge in [0.2, 0.25) is 0 Å². The second kappa shape index (κ2) is 12.2. The highest BCUT2D eigenvalue weighted by molar-refractivity contribution is 7.25. The van der Waals surface area contributed by atoms with Crippen LogP contribution in [0.4, 0.5) is 17.1 Å². The Labute approximate surface area is 300 Å². The predicted molar refractivity (Wildman–Crippen MR) is 218 cm³/mol. The van der Waals surface area contributed by atoms with Gasteiger partial charge in [-0.25, -0.2) is 0 Å². The molecular weight excluding hydrogens is 639 g/mol. The second-order valence-corrected chi connectivity index (χ2v) is 14.0. The lowest BCUT2D eigenvalue weighted by atomic mass is 9.98. The average molecular weight is 670 g/mol. The highest BCUT2D eigenvalue weighted by Gasteiger charge is 2.23. The molecule has 0 aliphatic rings. The van der Waals surface area contributed by atoms with Gasteiger partial charge in [-0.05, 0) is 75.8 Å². The molecule has 0 amide bonds. The molecule has 3 heteroatoms. The molecule has 0 spiro atoms. The summed E-state index contributed by atoms with van der Waals surface area (Å²) in [5, 5.41) is 4.79. The number of furan rings is 1. The minimum absolute atomic E-state index is 0.869. The Kier molecular flexibility index (Phi) is 7.04. The molecule has 2 nitrogen and oxygen atoms in total. The summed E-state index contributed by atoms with van der Waals surface area (Å²) in [7, 11) is 0. The van der Waals surface area contributed by atoms with E-state index in [9.17, 15) is 0 Å². The van der Waals surface area contributed by atoms with Gasteiger partial charge in [0, 0.05) is 42.3 Å². The van der Waals surface area contributed by atoms with Crippen molar-refractivity contribution in [1.82, 2.24) is 0 Å². The highest BCUT2D eigenvalue weighted by Crippen LogP contribution is 2.47. The second-order valence-electron chi connectivity index (χ2n) is 12.9. The third-order valence-corrected chi connectivity index (χ3v) is 11.0. The molecule has 0 atom stereocenters. The molecule has 0 bridgehead atoms. The standard InChI is InChI=1S/C48H31NOS/c1-4-12-32(13-5-1)34-20-23-37(24-21-34)49(38-25-27-41-40-26-22-36(33-14-6-2-7-15-33)30-45(40)51-46(41)31-38)43-29-28-39(35-16-8-3-9-17-35)47-42-18-10-11-19-44(42)50-48(43)47/h1-31H. The molecule has 51 heavy (non-hydrogen) atoms. The Hall–Kier alpha value is -6.42. The molecule has 240 valence electrons. The number of thiophene rings is 1. The summed E-state index contributed by atoms with van der Waals surface area (Å²) >= 11 is 1.85. The van der Waals surface area contributed by atoms with Crippen LogP contribution in [0.15, 0.2) is 192 Å². The van der Waals surface area contributed by atoms with Crippen molar-refractivity contribution in [3.63, 3.8) is 0 Å². The lowest BCUT2D eigenvalue weighted by Crippen LogP contribution is -2.10. The molecule has 0 aliphatic carbocycles. The van der Waals surface area contributed by atoms with Gasteiger partial charge in [-0.2, -0.15) is 0 Å². The third-order valence-electron chi connectivity index (χ3n) is 9.89. The number of fused-ring (bicyclic) bond motifs is 6. The van der Waals surface area contributed by atoms with Crippen molar-refractivity contribution in [2.45, 2.75) is 0 Å². The van der Waals surface area contributed by atoms with Gasteiger partial charge in [-0.3, -0.25) is 0 Å². The van der Waals surface area contributed by atoms with Crippen molar-refractivity contribution in [3.05, 3.63) is 188 Å². The zero-order valence-corrected chi connectivity index (χ0v) is 28.5. The van der Waals surface area contributed by atoms with Crippen LogP contribution < -0.4 is 4.90 Å². The molecule has 10 rings (SSSR count). The number of para-hydroxylation sites is 1. The first kappa shape index (κ1) is 29.5. The maximum absolute atomic E-state index is 6.81. The van der Waals surface area contributed by atoms with Crippen molar-refractivity contribution in [2.24, 2.45) is 0 Å². The van der Waals surface area contributed by atoms with E-state index in [0.717, 1.165) is 44.6 Å². The largest absolute Gasteiger partial charge is 0.454 e. The van der Waals surface area contributed by atoms with Gasteiger partial charge in [-0.15, -0.1) is 11.3 Å². The van der Waals surface area contributed by atoms with E-state index < -0.39 is 0 Å². The lowest BCUT2D eigenvalue weighted by molar-refractivity contribution is 0.669. The zero-order valence-electron chi connectivity index (χ0n) is 27.7. The summed E-state index contributed by atoms with van der Waals surface area (Å²) in [6.07, 6.45) is 0. The number of hydrogen-bond acceptors (Lipinski definition) is 3. The van der Waals surface area contributed by atoms with Crippen LogP contribution in [-0.4, -0.2) is 0 Å². The summed E-state index contributed by atoms with van der Waals surface area (Å²) in [4.78, 5) is 2.35. The Bertz CT molecular complexity index is 2840. The zero-order chi connectivity index (χ0) is 33.7. The van der Waals surface area contributed by atoms with E-state index in [1.807, 2.05) is 17.4 Å². The van der Waals surface area contributed by atoms with E-state index in [1.54, 1.807) is 0 Å². The third kappa shape index (κ3) is 5.10. The van der Waals surface area contributed by atoms with Gasteiger partial charge in [0.15, 0.2) is 5.58 Å². The number of benzene rings is 8. The number of hydrogen-bond donors (Lipinski definition) is 0. The average Bonchev–Trinajstić information content (AvgIpc) is 3.78. The Morgan fingerprint density at radius 1 is 0.392 bits per heavy atom. The van der Waals surface area contributed by atoms with E-state index in [1.165, 1.54) is 48.0 Å². The van der Waals surface area contributed by atoms with Gasteiger partial charge < -0.3 is 9.32 Å². The minimum Gasteiger partial charge on any atom is -0.454 e. The van der Waals surface area contributed by atoms with Crippen molar-refractivity contribution in [2.75, 3.05) is 4.90 Å². The molecule has 0 N–H and O–H groups in total. The summed E-state index contributed by atoms with van der Waals surface area (Å²) in [6, 6.07) is 67.2. The Morgan fingerprint density at radius 2 is 0.941 bits per heavy atom. The lowest BCUT2D eigenvalue weighted by Gasteiger charge is -2.26. The van der Waals surface area contributed by atoms with Gasteiger partial charge in [-0.1, -0.05) is 146 Å². The molecule has 8 aromatic carbocycles. The van der Waals surface area contributed by atoms with Gasteiger partial charge in [0.05, 0.1) is 5.69 Å². The minimum atomic E-state index is 0.869. The Morgan fingerprint density at radius 3 is 1.67 bits per heavy atom. The van der Waals surface area contributed by atoms with Crippen molar-refractivity contribution < 1.29 is 4.42 Å². The molecule has 2 heterocycles. The van der Waals surface area contributed by atoms with Crippen LogP contribution in [0.5, 0.6) is 0 Å². The van der Waals surface area contributed by atoms with E-state index >= 15 is 0 Å². The van der Waals surface area contributed by atoms with E-state index in [-0.39, 0.29) is 0 Å². The summed E-state index contributed by atoms with van der Waals surface area (Å²) in [5.74, 6) is 0. The highest BCUT2D eigenvalue weighted by atomic mass is 32.1. The van der Waals surface area contributed by atoms with Gasteiger partial charge in [0.25, 0.3) is 0 Å². The summed E-state index contributed by atoms with van der Waals surface area (Å²) in [5.41, 5.74) is 12.1. The van der Waals surface area contributed by atoms with E-state index in [2.05, 4.69) is 187 Å². The van der Waals surface area contributed by atoms with Crippen LogP contribution in [0.25, 0.3) is 75.5 Å². The molecule has 10 aromatic rings. The van der Waals surface area contributed by atoms with Crippen molar-refractivity contribution in [1.29, 1.82) is 0 Å². The maximum Gasteiger partial charge on any atom is 0.160 e. The Balaban J connectivity index is 1.19. The topological polar surface area (TPSA) is 16.4 Å². The fourth-order valence-electron chi connectivity index (χ4n) is 7.42. The van der Waals surface area contributed by atoms with Gasteiger partial charge in [0.1, 0.15) is 5.58 Å². The first-order valence-electron chi connectivity index (χ1n) is 17.3. The SMILES string of the molecule is c1ccc(-c2ccc(N(c3ccc4c(c3)sc3cc(-c5ccccc5)ccc34)c3ccc(-c4ccccc4)c4c3oc3ccccc34)cc2)cc1. The first-order chi connectivity index (χ1) is 25.3. The van der Waals surface area contributed by atoms with E-state index in [0.29, 0.717) is 0 Å².